The van der Waals surface area contributed by atoms with Crippen LogP contribution in [0, 0.1) is 10.8 Å². The number of hydrogen-bond acceptors (Lipinski definition) is 6. The van der Waals surface area contributed by atoms with Crippen LogP contribution in [0.15, 0.2) is 50.6 Å². The number of nitrogens with one attached hydrogen (secondary N) is 2. The van der Waals surface area contributed by atoms with Crippen LogP contribution in [0.5, 0.6) is 0 Å². The van der Waals surface area contributed by atoms with Crippen LogP contribution in [0.3, 0.4) is 0 Å². The summed E-state index contributed by atoms with van der Waals surface area (Å²) >= 11 is 0. The Morgan fingerprint density at radius 1 is 0.567 bits per heavy atom. The summed E-state index contributed by atoms with van der Waals surface area (Å²) in [7, 11) is 0. The molecule has 0 fully saturated rings. The zero-order valence-corrected chi connectivity index (χ0v) is 19.3. The maximum atomic E-state index is 5.77. The minimum absolute atomic E-state index is 0.146. The predicted molar refractivity (Wildman–Crippen MR) is 126 cm³/mol. The summed E-state index contributed by atoms with van der Waals surface area (Å²) in [6.45, 7) is 25.1. The van der Waals surface area contributed by atoms with Gasteiger partial charge in [-0.25, -0.2) is 0 Å². The van der Waals surface area contributed by atoms with Gasteiger partial charge in [-0.3, -0.25) is 10.9 Å². The molecule has 0 unspecified atom stereocenters. The number of ether oxygens (including phenoxy) is 4. The second-order valence-corrected chi connectivity index (χ2v) is 7.63. The fraction of sp³-hybridized carbons (Fsp3) is 0.667. The maximum absolute atomic E-state index is 5.77. The lowest BCUT2D eigenvalue weighted by atomic mass is 9.86. The van der Waals surface area contributed by atoms with E-state index < -0.39 is 0 Å². The highest BCUT2D eigenvalue weighted by Gasteiger charge is 2.31. The summed E-state index contributed by atoms with van der Waals surface area (Å²) in [5.41, 5.74) is 6.48. The van der Waals surface area contributed by atoms with E-state index in [4.69, 9.17) is 18.9 Å². The van der Waals surface area contributed by atoms with Crippen molar-refractivity contribution in [3.05, 3.63) is 50.6 Å². The molecule has 2 N–H and O–H groups in total. The molecule has 0 aliphatic carbocycles. The van der Waals surface area contributed by atoms with E-state index in [1.54, 1.807) is 24.3 Å². The average Bonchev–Trinajstić information content (AvgIpc) is 2.76. The van der Waals surface area contributed by atoms with E-state index in [1.807, 2.05) is 0 Å². The van der Waals surface area contributed by atoms with Gasteiger partial charge in [0.1, 0.15) is 0 Å². The van der Waals surface area contributed by atoms with Crippen LogP contribution in [0.2, 0.25) is 0 Å². The van der Waals surface area contributed by atoms with Gasteiger partial charge in [-0.2, -0.15) is 0 Å². The van der Waals surface area contributed by atoms with Gasteiger partial charge in [0.05, 0.1) is 52.9 Å². The van der Waals surface area contributed by atoms with Gasteiger partial charge in [-0.05, 0) is 12.8 Å². The first-order valence-corrected chi connectivity index (χ1v) is 10.8. The largest absolute Gasteiger partial charge is 0.377 e. The van der Waals surface area contributed by atoms with Gasteiger partial charge < -0.3 is 18.9 Å². The molecule has 0 saturated carbocycles. The smallest absolute Gasteiger partial charge is 0.0645 e. The number of rotatable bonds is 23. The van der Waals surface area contributed by atoms with Crippen LogP contribution in [0.4, 0.5) is 0 Å². The average molecular weight is 425 g/mol. The first kappa shape index (κ1) is 28.7. The van der Waals surface area contributed by atoms with Crippen molar-refractivity contribution in [2.45, 2.75) is 26.7 Å². The molecular weight excluding hydrogens is 380 g/mol. The molecule has 0 atom stereocenters. The SMILES string of the molecule is C=CCOCC(CC)(CNNCC(CC)(COCC=C)COCC=C)COCC=C. The zero-order valence-electron chi connectivity index (χ0n) is 19.3. The quantitative estimate of drug-likeness (QED) is 0.148. The van der Waals surface area contributed by atoms with Crippen molar-refractivity contribution < 1.29 is 18.9 Å². The minimum atomic E-state index is -0.146. The normalized spacial score (nSPS) is 11.9. The molecule has 174 valence electrons. The molecule has 0 heterocycles. The third-order valence-electron chi connectivity index (χ3n) is 5.13. The van der Waals surface area contributed by atoms with Crippen molar-refractivity contribution in [1.82, 2.24) is 10.9 Å². The van der Waals surface area contributed by atoms with Crippen LogP contribution in [0.25, 0.3) is 0 Å². The van der Waals surface area contributed by atoms with Gasteiger partial charge in [0.2, 0.25) is 0 Å². The molecule has 0 aromatic rings. The van der Waals surface area contributed by atoms with Crippen molar-refractivity contribution >= 4 is 0 Å². The Morgan fingerprint density at radius 2 is 0.833 bits per heavy atom. The number of hydrazine groups is 1. The van der Waals surface area contributed by atoms with Gasteiger partial charge in [0.15, 0.2) is 0 Å². The summed E-state index contributed by atoms with van der Waals surface area (Å²) in [5.74, 6) is 0. The molecule has 0 radical (unpaired) electrons. The Kier molecular flexibility index (Phi) is 17.7. The Bertz CT molecular complexity index is 398. The van der Waals surface area contributed by atoms with Crippen LogP contribution in [0.1, 0.15) is 26.7 Å². The first-order valence-electron chi connectivity index (χ1n) is 10.8. The van der Waals surface area contributed by atoms with E-state index in [1.165, 1.54) is 0 Å². The van der Waals surface area contributed by atoms with Crippen LogP contribution in [-0.4, -0.2) is 65.9 Å². The van der Waals surface area contributed by atoms with Crippen molar-refractivity contribution in [1.29, 1.82) is 0 Å². The Morgan fingerprint density at radius 3 is 1.03 bits per heavy atom. The van der Waals surface area contributed by atoms with Gasteiger partial charge in [-0.1, -0.05) is 38.2 Å². The van der Waals surface area contributed by atoms with E-state index in [9.17, 15) is 0 Å². The van der Waals surface area contributed by atoms with E-state index in [0.29, 0.717) is 65.9 Å². The maximum Gasteiger partial charge on any atom is 0.0645 e. The summed E-state index contributed by atoms with van der Waals surface area (Å²) in [6.07, 6.45) is 8.88. The first-order chi connectivity index (χ1) is 14.6. The van der Waals surface area contributed by atoms with Crippen molar-refractivity contribution in [3.63, 3.8) is 0 Å². The molecule has 0 saturated heterocycles. The third kappa shape index (κ3) is 12.4. The summed E-state index contributed by atoms with van der Waals surface area (Å²) in [4.78, 5) is 0. The van der Waals surface area contributed by atoms with Gasteiger partial charge in [0.25, 0.3) is 0 Å². The highest BCUT2D eigenvalue weighted by atomic mass is 16.5. The molecule has 0 aliphatic rings. The van der Waals surface area contributed by atoms with Crippen LogP contribution >= 0.6 is 0 Å². The predicted octanol–water partition coefficient (Wildman–Crippen LogP) is 3.68. The molecule has 0 bridgehead atoms. The van der Waals surface area contributed by atoms with E-state index in [-0.39, 0.29) is 10.8 Å². The van der Waals surface area contributed by atoms with E-state index in [2.05, 4.69) is 51.0 Å². The highest BCUT2D eigenvalue weighted by molar-refractivity contribution is 4.84. The molecule has 0 spiro atoms. The van der Waals surface area contributed by atoms with Crippen LogP contribution in [-0.2, 0) is 18.9 Å². The second kappa shape index (κ2) is 18.5. The minimum Gasteiger partial charge on any atom is -0.377 e. The standard InChI is InChI=1S/C24H44N2O4/c1-7-13-27-19-23(11-5,20-28-14-8-2)17-25-26-18-24(12-6,21-29-15-9-3)22-30-16-10-4/h7-10,25-26H,1-4,11-22H2,5-6H3. The Hall–Kier alpha value is -1.28. The van der Waals surface area contributed by atoms with E-state index in [0.717, 1.165) is 12.8 Å². The Labute approximate surface area is 184 Å². The molecule has 6 nitrogen and oxygen atoms in total. The van der Waals surface area contributed by atoms with Gasteiger partial charge in [-0.15, -0.1) is 26.3 Å². The summed E-state index contributed by atoms with van der Waals surface area (Å²) < 4.78 is 23.1. The lowest BCUT2D eigenvalue weighted by Crippen LogP contribution is -2.51. The lowest BCUT2D eigenvalue weighted by molar-refractivity contribution is -0.0224. The molecule has 0 aliphatic heterocycles. The fourth-order valence-electron chi connectivity index (χ4n) is 2.88. The lowest BCUT2D eigenvalue weighted by Gasteiger charge is -2.35. The zero-order chi connectivity index (χ0) is 22.6. The second-order valence-electron chi connectivity index (χ2n) is 7.63. The van der Waals surface area contributed by atoms with Gasteiger partial charge >= 0.3 is 0 Å². The topological polar surface area (TPSA) is 61.0 Å². The van der Waals surface area contributed by atoms with Crippen molar-refractivity contribution in [3.8, 4) is 0 Å². The molecule has 0 amide bonds. The molecule has 0 aromatic heterocycles. The highest BCUT2D eigenvalue weighted by Crippen LogP contribution is 2.24. The summed E-state index contributed by atoms with van der Waals surface area (Å²) in [5, 5.41) is 0. The molecule has 0 rings (SSSR count). The Balaban J connectivity index is 4.87. The summed E-state index contributed by atoms with van der Waals surface area (Å²) in [6, 6.07) is 0. The monoisotopic (exact) mass is 424 g/mol. The van der Waals surface area contributed by atoms with Crippen LogP contribution < -0.4 is 10.9 Å². The molecule has 0 aromatic carbocycles. The third-order valence-corrected chi connectivity index (χ3v) is 5.13. The number of hydrogen-bond donors (Lipinski definition) is 2. The van der Waals surface area contributed by atoms with E-state index >= 15 is 0 Å². The fourth-order valence-corrected chi connectivity index (χ4v) is 2.88. The molecular formula is C24H44N2O4. The van der Waals surface area contributed by atoms with Crippen molar-refractivity contribution in [2.24, 2.45) is 10.8 Å². The molecule has 30 heavy (non-hydrogen) atoms. The molecule has 6 heteroatoms. The van der Waals surface area contributed by atoms with Crippen molar-refractivity contribution in [2.75, 3.05) is 65.9 Å². The van der Waals surface area contributed by atoms with Gasteiger partial charge in [0, 0.05) is 23.9 Å².